The molecule has 8 nitrogen and oxygen atoms in total. The average molecular weight is 428 g/mol. The van der Waals surface area contributed by atoms with Crippen LogP contribution in [-0.2, 0) is 9.84 Å². The largest absolute Gasteiger partial charge is 0.496 e. The van der Waals surface area contributed by atoms with Crippen molar-refractivity contribution in [2.75, 3.05) is 26.7 Å². The van der Waals surface area contributed by atoms with E-state index >= 15 is 0 Å². The van der Waals surface area contributed by atoms with Gasteiger partial charge in [-0.3, -0.25) is 0 Å². The van der Waals surface area contributed by atoms with Crippen LogP contribution in [0.25, 0.3) is 0 Å². The number of aromatic carboxylic acids is 2. The summed E-state index contributed by atoms with van der Waals surface area (Å²) in [5, 5.41) is 17.5. The summed E-state index contributed by atoms with van der Waals surface area (Å²) < 4.78 is 32.1. The molecule has 152 valence electrons. The summed E-state index contributed by atoms with van der Waals surface area (Å²) in [6, 6.07) is 8.66. The Morgan fingerprint density at radius 1 is 0.893 bits per heavy atom. The fourth-order valence-corrected chi connectivity index (χ4v) is 3.12. The van der Waals surface area contributed by atoms with Crippen molar-refractivity contribution in [1.29, 1.82) is 0 Å². The summed E-state index contributed by atoms with van der Waals surface area (Å²) in [5.41, 5.74) is 0.130. The van der Waals surface area contributed by atoms with E-state index in [1.807, 2.05) is 6.26 Å². The molecule has 0 aliphatic heterocycles. The zero-order valence-electron chi connectivity index (χ0n) is 15.6. The Morgan fingerprint density at radius 2 is 1.36 bits per heavy atom. The highest BCUT2D eigenvalue weighted by atomic mass is 32.2. The van der Waals surface area contributed by atoms with E-state index < -0.39 is 21.8 Å². The lowest BCUT2D eigenvalue weighted by Crippen LogP contribution is -2.03. The quantitative estimate of drug-likeness (QED) is 0.668. The number of ether oxygens (including phenoxy) is 2. The minimum Gasteiger partial charge on any atom is -0.496 e. The molecular formula is C18H20O8S2. The van der Waals surface area contributed by atoms with Crippen molar-refractivity contribution in [3.63, 3.8) is 0 Å². The third-order valence-corrected chi connectivity index (χ3v) is 5.31. The van der Waals surface area contributed by atoms with Crippen molar-refractivity contribution >= 4 is 33.5 Å². The van der Waals surface area contributed by atoms with Gasteiger partial charge in [-0.05, 0) is 42.7 Å². The molecule has 0 bridgehead atoms. The molecule has 0 fully saturated rings. The van der Waals surface area contributed by atoms with Crippen LogP contribution in [0.15, 0.2) is 46.2 Å². The lowest BCUT2D eigenvalue weighted by atomic mass is 10.2. The van der Waals surface area contributed by atoms with Crippen LogP contribution in [0.5, 0.6) is 11.5 Å². The summed E-state index contributed by atoms with van der Waals surface area (Å²) >= 11 is 1.55. The molecule has 0 saturated heterocycles. The van der Waals surface area contributed by atoms with Crippen LogP contribution in [0.4, 0.5) is 0 Å². The number of hydrogen-bond donors (Lipinski definition) is 2. The highest BCUT2D eigenvalue weighted by molar-refractivity contribution is 7.98. The first-order valence-electron chi connectivity index (χ1n) is 7.61. The summed E-state index contributed by atoms with van der Waals surface area (Å²) in [6.07, 6.45) is 2.97. The number of carbonyl (C=O) groups is 2. The second-order valence-corrected chi connectivity index (χ2v) is 8.21. The fourth-order valence-electron chi connectivity index (χ4n) is 2.05. The molecule has 0 aromatic heterocycles. The second-order valence-electron chi connectivity index (χ2n) is 5.31. The maximum Gasteiger partial charge on any atom is 0.339 e. The molecule has 0 saturated carbocycles. The highest BCUT2D eigenvalue weighted by Gasteiger charge is 2.15. The number of carboxylic acids is 2. The first kappa shape index (κ1) is 23.3. The molecule has 2 rings (SSSR count). The third kappa shape index (κ3) is 6.17. The topological polar surface area (TPSA) is 127 Å². The van der Waals surface area contributed by atoms with E-state index in [1.54, 1.807) is 30.0 Å². The average Bonchev–Trinajstić information content (AvgIpc) is 2.66. The standard InChI is InChI=1S/C9H10O5S.C9H10O3S/c1-14-8-5-6(15(2,12)13)3-4-7(8)9(10)11;1-12-8-5-6(13-2)3-4-7(8)9(10)11/h3-5H,1-2H3,(H,10,11);3-5H,1-2H3,(H,10,11). The minimum atomic E-state index is -3.35. The summed E-state index contributed by atoms with van der Waals surface area (Å²) in [6.45, 7) is 0. The van der Waals surface area contributed by atoms with Crippen molar-refractivity contribution in [3.8, 4) is 11.5 Å². The molecule has 0 heterocycles. The molecule has 2 aromatic carbocycles. The maximum atomic E-state index is 11.2. The van der Waals surface area contributed by atoms with Gasteiger partial charge in [0.2, 0.25) is 0 Å². The van der Waals surface area contributed by atoms with Gasteiger partial charge in [-0.1, -0.05) is 0 Å². The smallest absolute Gasteiger partial charge is 0.339 e. The summed E-state index contributed by atoms with van der Waals surface area (Å²) in [7, 11) is -0.601. The van der Waals surface area contributed by atoms with Gasteiger partial charge in [0, 0.05) is 11.2 Å². The van der Waals surface area contributed by atoms with Crippen molar-refractivity contribution in [2.45, 2.75) is 9.79 Å². The van der Waals surface area contributed by atoms with Gasteiger partial charge in [0.1, 0.15) is 22.6 Å². The van der Waals surface area contributed by atoms with Gasteiger partial charge < -0.3 is 19.7 Å². The SMILES string of the molecule is COc1cc(S(C)(=O)=O)ccc1C(=O)O.COc1cc(SC)ccc1C(=O)O. The van der Waals surface area contributed by atoms with E-state index in [0.29, 0.717) is 5.75 Å². The zero-order chi connectivity index (χ0) is 21.5. The molecule has 28 heavy (non-hydrogen) atoms. The van der Waals surface area contributed by atoms with Gasteiger partial charge in [0.25, 0.3) is 0 Å². The van der Waals surface area contributed by atoms with Crippen LogP contribution < -0.4 is 9.47 Å². The van der Waals surface area contributed by atoms with Gasteiger partial charge in [-0.2, -0.15) is 0 Å². The Kier molecular flexibility index (Phi) is 8.33. The van der Waals surface area contributed by atoms with Crippen LogP contribution in [0.2, 0.25) is 0 Å². The lowest BCUT2D eigenvalue weighted by molar-refractivity contribution is 0.0682. The minimum absolute atomic E-state index is 0.0318. The number of carboxylic acid groups (broad SMARTS) is 2. The lowest BCUT2D eigenvalue weighted by Gasteiger charge is -2.06. The first-order valence-corrected chi connectivity index (χ1v) is 10.7. The fraction of sp³-hybridized carbons (Fsp3) is 0.222. The molecular weight excluding hydrogens is 408 g/mol. The molecule has 0 amide bonds. The molecule has 0 unspecified atom stereocenters. The first-order chi connectivity index (χ1) is 13.0. The van der Waals surface area contributed by atoms with Crippen molar-refractivity contribution < 1.29 is 37.7 Å². The van der Waals surface area contributed by atoms with Gasteiger partial charge in [0.05, 0.1) is 19.1 Å². The number of sulfone groups is 1. The Bertz CT molecular complexity index is 968. The summed E-state index contributed by atoms with van der Waals surface area (Å²) in [5.74, 6) is -1.69. The number of rotatable bonds is 6. The van der Waals surface area contributed by atoms with Gasteiger partial charge in [0.15, 0.2) is 9.84 Å². The van der Waals surface area contributed by atoms with Gasteiger partial charge in [-0.15, -0.1) is 11.8 Å². The van der Waals surface area contributed by atoms with E-state index in [0.717, 1.165) is 11.2 Å². The Morgan fingerprint density at radius 3 is 1.75 bits per heavy atom. The normalized spacial score (nSPS) is 10.4. The maximum absolute atomic E-state index is 11.2. The van der Waals surface area contributed by atoms with E-state index in [-0.39, 0.29) is 21.8 Å². The van der Waals surface area contributed by atoms with Crippen LogP contribution in [-0.4, -0.2) is 57.3 Å². The molecule has 0 atom stereocenters. The molecule has 2 aromatic rings. The molecule has 0 spiro atoms. The number of benzene rings is 2. The second kappa shape index (κ2) is 10.00. The predicted octanol–water partition coefficient (Wildman–Crippen LogP) is 2.91. The molecule has 0 aliphatic carbocycles. The molecule has 10 heteroatoms. The number of thioether (sulfide) groups is 1. The molecule has 0 aliphatic rings. The van der Waals surface area contributed by atoms with E-state index in [2.05, 4.69) is 0 Å². The third-order valence-electron chi connectivity index (χ3n) is 3.47. The number of methoxy groups -OCH3 is 2. The molecule has 0 radical (unpaired) electrons. The van der Waals surface area contributed by atoms with Crippen LogP contribution >= 0.6 is 11.8 Å². The van der Waals surface area contributed by atoms with Crippen LogP contribution in [0.3, 0.4) is 0 Å². The van der Waals surface area contributed by atoms with E-state index in [4.69, 9.17) is 19.7 Å². The number of hydrogen-bond acceptors (Lipinski definition) is 7. The van der Waals surface area contributed by atoms with Gasteiger partial charge >= 0.3 is 11.9 Å². The Balaban J connectivity index is 0.000000283. The Labute approximate surface area is 167 Å². The van der Waals surface area contributed by atoms with Crippen molar-refractivity contribution in [2.24, 2.45) is 0 Å². The van der Waals surface area contributed by atoms with Gasteiger partial charge in [-0.25, -0.2) is 18.0 Å². The zero-order valence-corrected chi connectivity index (χ0v) is 17.3. The monoisotopic (exact) mass is 428 g/mol. The van der Waals surface area contributed by atoms with Crippen molar-refractivity contribution in [3.05, 3.63) is 47.5 Å². The van der Waals surface area contributed by atoms with E-state index in [9.17, 15) is 18.0 Å². The van der Waals surface area contributed by atoms with E-state index in [1.165, 1.54) is 32.4 Å². The van der Waals surface area contributed by atoms with Crippen LogP contribution in [0.1, 0.15) is 20.7 Å². The Hall–Kier alpha value is -2.72. The summed E-state index contributed by atoms with van der Waals surface area (Å²) in [4.78, 5) is 22.4. The van der Waals surface area contributed by atoms with Crippen LogP contribution in [0, 0.1) is 0 Å². The highest BCUT2D eigenvalue weighted by Crippen LogP contribution is 2.25. The van der Waals surface area contributed by atoms with Crippen molar-refractivity contribution in [1.82, 2.24) is 0 Å². The molecule has 2 N–H and O–H groups in total. The predicted molar refractivity (Wildman–Crippen MR) is 105 cm³/mol.